The molecule has 0 saturated heterocycles. The molecule has 0 bridgehead atoms. The average molecular weight is 342 g/mol. The Labute approximate surface area is 142 Å². The van der Waals surface area contributed by atoms with Crippen LogP contribution in [0.1, 0.15) is 23.5 Å². The second-order valence-electron chi connectivity index (χ2n) is 5.66. The fraction of sp³-hybridized carbons (Fsp3) is 0.111. The highest BCUT2D eigenvalue weighted by Gasteiger charge is 2.31. The number of fused-ring (bicyclic) bond motifs is 1. The van der Waals surface area contributed by atoms with E-state index >= 15 is 0 Å². The van der Waals surface area contributed by atoms with Crippen LogP contribution in [0.2, 0.25) is 5.02 Å². The minimum absolute atomic E-state index is 0.101. The Hall–Kier alpha value is -2.66. The summed E-state index contributed by atoms with van der Waals surface area (Å²) in [6.45, 7) is 0. The number of hydrogen-bond donors (Lipinski definition) is 1. The predicted molar refractivity (Wildman–Crippen MR) is 90.1 cm³/mol. The molecule has 1 amide bonds. The van der Waals surface area contributed by atoms with Crippen molar-refractivity contribution in [3.8, 4) is 5.69 Å². The average Bonchev–Trinajstić information content (AvgIpc) is 2.99. The molecule has 1 aliphatic rings. The van der Waals surface area contributed by atoms with Gasteiger partial charge < -0.3 is 5.32 Å². The predicted octanol–water partition coefficient (Wildman–Crippen LogP) is 4.14. The minimum Gasteiger partial charge on any atom is -0.310 e. The topological polar surface area (TPSA) is 46.9 Å². The molecule has 0 fully saturated rings. The quantitative estimate of drug-likeness (QED) is 0.761. The van der Waals surface area contributed by atoms with E-state index in [4.69, 9.17) is 11.6 Å². The number of aromatic nitrogens is 2. The molecule has 6 heteroatoms. The first kappa shape index (κ1) is 14.9. The van der Waals surface area contributed by atoms with Crippen molar-refractivity contribution in [3.63, 3.8) is 0 Å². The fourth-order valence-corrected chi connectivity index (χ4v) is 3.30. The number of carbonyl (C=O) groups is 1. The number of benzene rings is 2. The van der Waals surface area contributed by atoms with Crippen LogP contribution in [0.4, 0.5) is 10.2 Å². The third kappa shape index (κ3) is 2.47. The summed E-state index contributed by atoms with van der Waals surface area (Å²) in [5.74, 6) is 0.0217. The number of amides is 1. The third-order valence-corrected chi connectivity index (χ3v) is 4.52. The molecule has 2 aromatic carbocycles. The van der Waals surface area contributed by atoms with Gasteiger partial charge in [0.15, 0.2) is 0 Å². The number of anilines is 1. The highest BCUT2D eigenvalue weighted by atomic mass is 35.5. The number of rotatable bonds is 2. The van der Waals surface area contributed by atoms with E-state index in [2.05, 4.69) is 10.4 Å². The third-order valence-electron chi connectivity index (χ3n) is 4.17. The maximum absolute atomic E-state index is 13.1. The van der Waals surface area contributed by atoms with Crippen LogP contribution >= 0.6 is 11.6 Å². The van der Waals surface area contributed by atoms with Crippen LogP contribution in [-0.4, -0.2) is 15.7 Å². The summed E-state index contributed by atoms with van der Waals surface area (Å²) < 4.78 is 14.8. The lowest BCUT2D eigenvalue weighted by molar-refractivity contribution is -0.116. The molecular formula is C18H13ClFN3O. The molecule has 1 N–H and O–H groups in total. The zero-order valence-electron chi connectivity index (χ0n) is 12.5. The Morgan fingerprint density at radius 1 is 1.12 bits per heavy atom. The van der Waals surface area contributed by atoms with Gasteiger partial charge in [-0.05, 0) is 35.9 Å². The summed E-state index contributed by atoms with van der Waals surface area (Å²) in [5, 5.41) is 7.86. The molecule has 24 heavy (non-hydrogen) atoms. The number of carbonyl (C=O) groups excluding carboxylic acids is 1. The lowest BCUT2D eigenvalue weighted by Gasteiger charge is -2.24. The van der Waals surface area contributed by atoms with Crippen LogP contribution in [0.15, 0.2) is 54.7 Å². The zero-order chi connectivity index (χ0) is 16.7. The van der Waals surface area contributed by atoms with Gasteiger partial charge in [-0.3, -0.25) is 4.79 Å². The number of nitrogens with one attached hydrogen (secondary N) is 1. The van der Waals surface area contributed by atoms with Crippen LogP contribution in [-0.2, 0) is 4.79 Å². The van der Waals surface area contributed by atoms with E-state index in [0.29, 0.717) is 22.9 Å². The molecule has 2 heterocycles. The van der Waals surface area contributed by atoms with Gasteiger partial charge in [-0.15, -0.1) is 0 Å². The molecule has 1 atom stereocenters. The van der Waals surface area contributed by atoms with Gasteiger partial charge in [-0.25, -0.2) is 9.07 Å². The van der Waals surface area contributed by atoms with E-state index in [0.717, 1.165) is 11.1 Å². The molecule has 4 nitrogen and oxygen atoms in total. The summed E-state index contributed by atoms with van der Waals surface area (Å²) in [4.78, 5) is 12.2. The van der Waals surface area contributed by atoms with Crippen LogP contribution in [0.25, 0.3) is 5.69 Å². The van der Waals surface area contributed by atoms with Gasteiger partial charge in [-0.2, -0.15) is 5.10 Å². The second-order valence-corrected chi connectivity index (χ2v) is 6.07. The van der Waals surface area contributed by atoms with E-state index in [9.17, 15) is 9.18 Å². The smallest absolute Gasteiger partial charge is 0.226 e. The number of hydrogen-bond acceptors (Lipinski definition) is 2. The van der Waals surface area contributed by atoms with Crippen LogP contribution in [0, 0.1) is 5.82 Å². The van der Waals surface area contributed by atoms with Crippen LogP contribution < -0.4 is 5.32 Å². The van der Waals surface area contributed by atoms with E-state index < -0.39 is 0 Å². The highest BCUT2D eigenvalue weighted by Crippen LogP contribution is 2.40. The largest absolute Gasteiger partial charge is 0.310 e. The van der Waals surface area contributed by atoms with E-state index in [1.165, 1.54) is 12.1 Å². The van der Waals surface area contributed by atoms with Gasteiger partial charge in [0.05, 0.1) is 11.9 Å². The first-order valence-electron chi connectivity index (χ1n) is 7.51. The summed E-state index contributed by atoms with van der Waals surface area (Å²) in [6, 6.07) is 13.5. The normalized spacial score (nSPS) is 16.6. The van der Waals surface area contributed by atoms with Crippen molar-refractivity contribution in [1.29, 1.82) is 0 Å². The van der Waals surface area contributed by atoms with Crippen molar-refractivity contribution in [1.82, 2.24) is 9.78 Å². The molecule has 0 spiro atoms. The molecule has 4 rings (SSSR count). The molecule has 1 aliphatic heterocycles. The highest BCUT2D eigenvalue weighted by molar-refractivity contribution is 6.31. The Balaban J connectivity index is 1.83. The standard InChI is InChI=1S/C18H13ClFN3O/c19-16-4-2-1-3-13(16)14-9-17(24)22-18-15(14)10-21-23(18)12-7-5-11(20)6-8-12/h1-8,10,14H,9H2,(H,22,24)/t14-/m1/s1. The van der Waals surface area contributed by atoms with Crippen molar-refractivity contribution in [2.24, 2.45) is 0 Å². The minimum atomic E-state index is -0.322. The fourth-order valence-electron chi connectivity index (χ4n) is 3.03. The Bertz CT molecular complexity index is 920. The van der Waals surface area contributed by atoms with Gasteiger partial charge in [0.1, 0.15) is 11.6 Å². The maximum atomic E-state index is 13.1. The molecule has 0 radical (unpaired) electrons. The lowest BCUT2D eigenvalue weighted by Crippen LogP contribution is -2.24. The molecule has 1 aromatic heterocycles. The Morgan fingerprint density at radius 3 is 2.62 bits per heavy atom. The summed E-state index contributed by atoms with van der Waals surface area (Å²) in [7, 11) is 0. The Kier molecular flexibility index (Phi) is 3.58. The molecule has 120 valence electrons. The van der Waals surface area contributed by atoms with Gasteiger partial charge in [-0.1, -0.05) is 29.8 Å². The monoisotopic (exact) mass is 341 g/mol. The second kappa shape index (κ2) is 5.76. The van der Waals surface area contributed by atoms with Crippen molar-refractivity contribution >= 4 is 23.3 Å². The first-order chi connectivity index (χ1) is 11.6. The van der Waals surface area contributed by atoms with Gasteiger partial charge in [0.2, 0.25) is 5.91 Å². The molecule has 0 aliphatic carbocycles. The zero-order valence-corrected chi connectivity index (χ0v) is 13.3. The van der Waals surface area contributed by atoms with Gasteiger partial charge in [0.25, 0.3) is 0 Å². The van der Waals surface area contributed by atoms with Crippen LogP contribution in [0.5, 0.6) is 0 Å². The lowest BCUT2D eigenvalue weighted by atomic mass is 9.87. The Morgan fingerprint density at radius 2 is 1.88 bits per heavy atom. The molecular weight excluding hydrogens is 329 g/mol. The van der Waals surface area contributed by atoms with E-state index in [1.807, 2.05) is 24.3 Å². The van der Waals surface area contributed by atoms with Gasteiger partial charge in [0, 0.05) is 22.9 Å². The molecule has 0 unspecified atom stereocenters. The van der Waals surface area contributed by atoms with Crippen molar-refractivity contribution in [2.45, 2.75) is 12.3 Å². The van der Waals surface area contributed by atoms with Crippen molar-refractivity contribution in [2.75, 3.05) is 5.32 Å². The van der Waals surface area contributed by atoms with E-state index in [1.54, 1.807) is 23.0 Å². The summed E-state index contributed by atoms with van der Waals surface area (Å²) >= 11 is 6.31. The van der Waals surface area contributed by atoms with Gasteiger partial charge >= 0.3 is 0 Å². The molecule has 3 aromatic rings. The van der Waals surface area contributed by atoms with Crippen molar-refractivity contribution < 1.29 is 9.18 Å². The first-order valence-corrected chi connectivity index (χ1v) is 7.89. The maximum Gasteiger partial charge on any atom is 0.226 e. The number of halogens is 2. The van der Waals surface area contributed by atoms with E-state index in [-0.39, 0.29) is 17.6 Å². The van der Waals surface area contributed by atoms with Crippen molar-refractivity contribution in [3.05, 3.63) is 76.7 Å². The summed E-state index contributed by atoms with van der Waals surface area (Å²) in [5.41, 5.74) is 2.47. The summed E-state index contributed by atoms with van der Waals surface area (Å²) in [6.07, 6.45) is 2.04. The molecule has 0 saturated carbocycles. The SMILES string of the molecule is O=C1C[C@H](c2ccccc2Cl)c2cnn(-c3ccc(F)cc3)c2N1. The van der Waals surface area contributed by atoms with Crippen LogP contribution in [0.3, 0.4) is 0 Å². The number of nitrogens with zero attached hydrogens (tertiary/aromatic N) is 2.